The van der Waals surface area contributed by atoms with Crippen LogP contribution in [0.1, 0.15) is 53.5 Å². The number of rotatable bonds is 6. The number of aliphatic imine (C=N–C) groups is 1. The van der Waals surface area contributed by atoms with Crippen molar-refractivity contribution >= 4 is 17.5 Å². The molecule has 7 nitrogen and oxygen atoms in total. The van der Waals surface area contributed by atoms with E-state index < -0.39 is 17.9 Å². The highest BCUT2D eigenvalue weighted by molar-refractivity contribution is 6.16. The molecule has 2 aliphatic rings. The quantitative estimate of drug-likeness (QED) is 0.325. The molecule has 10 heteroatoms. The molecular weight excluding hydrogens is 507 g/mol. The summed E-state index contributed by atoms with van der Waals surface area (Å²) >= 11 is 0. The summed E-state index contributed by atoms with van der Waals surface area (Å²) in [4.78, 5) is 22.0. The van der Waals surface area contributed by atoms with E-state index in [2.05, 4.69) is 20.5 Å². The second-order valence-corrected chi connectivity index (χ2v) is 9.77. The first-order valence-corrected chi connectivity index (χ1v) is 12.7. The number of aromatic nitrogens is 3. The fourth-order valence-electron chi connectivity index (χ4n) is 5.07. The average molecular weight is 532 g/mol. The molecule has 0 saturated heterocycles. The highest BCUT2D eigenvalue weighted by atomic mass is 19.4. The smallest absolute Gasteiger partial charge is 0.402 e. The van der Waals surface area contributed by atoms with E-state index in [-0.39, 0.29) is 41.6 Å². The zero-order chi connectivity index (χ0) is 27.1. The van der Waals surface area contributed by atoms with E-state index in [4.69, 9.17) is 9.41 Å². The molecule has 0 bridgehead atoms. The summed E-state index contributed by atoms with van der Waals surface area (Å²) in [6.45, 7) is 2.01. The first-order chi connectivity index (χ1) is 18.8. The summed E-state index contributed by atoms with van der Waals surface area (Å²) in [5, 5.41) is 11.0. The Morgan fingerprint density at radius 2 is 1.82 bits per heavy atom. The van der Waals surface area contributed by atoms with Crippen molar-refractivity contribution in [1.29, 1.82) is 0 Å². The van der Waals surface area contributed by atoms with Crippen molar-refractivity contribution in [2.75, 3.05) is 5.32 Å². The molecule has 1 fully saturated rings. The van der Waals surface area contributed by atoms with Gasteiger partial charge in [0.05, 0.1) is 11.3 Å². The van der Waals surface area contributed by atoms with Gasteiger partial charge in [-0.05, 0) is 35.4 Å². The molecular formula is C29H24F3N5O2. The number of hydrogen-bond acceptors (Lipinski definition) is 7. The van der Waals surface area contributed by atoms with Crippen LogP contribution in [-0.2, 0) is 17.4 Å². The molecule has 198 valence electrons. The van der Waals surface area contributed by atoms with Gasteiger partial charge in [-0.2, -0.15) is 13.2 Å². The molecule has 1 saturated carbocycles. The molecule has 6 rings (SSSR count). The highest BCUT2D eigenvalue weighted by Gasteiger charge is 2.41. The summed E-state index contributed by atoms with van der Waals surface area (Å²) < 4.78 is 46.0. The Balaban J connectivity index is 1.33. The lowest BCUT2D eigenvalue weighted by Gasteiger charge is -2.12. The number of nitrogens with zero attached hydrogens (tertiary/aromatic N) is 4. The Morgan fingerprint density at radius 3 is 2.56 bits per heavy atom. The van der Waals surface area contributed by atoms with Crippen molar-refractivity contribution in [3.05, 3.63) is 94.7 Å². The van der Waals surface area contributed by atoms with Crippen LogP contribution < -0.4 is 5.32 Å². The SMILES string of the molecule is CC[C@@H]1C[C@H]1c1cc(C(F)(F)F)cnc1-c1nnc(N[C@H]2N=C(c3ccccc3)c3ccccc3CC2=O)o1. The Kier molecular flexibility index (Phi) is 6.25. The number of ketones is 1. The maximum atomic E-state index is 13.4. The monoisotopic (exact) mass is 531 g/mol. The normalized spacial score (nSPS) is 20.7. The number of anilines is 1. The second kappa shape index (κ2) is 9.76. The summed E-state index contributed by atoms with van der Waals surface area (Å²) in [5.41, 5.74) is 3.07. The molecule has 3 heterocycles. The number of alkyl halides is 3. The van der Waals surface area contributed by atoms with E-state index >= 15 is 0 Å². The summed E-state index contributed by atoms with van der Waals surface area (Å²) in [6, 6.07) is 18.2. The van der Waals surface area contributed by atoms with Crippen molar-refractivity contribution in [3.8, 4) is 11.6 Å². The number of fused-ring (bicyclic) bond motifs is 1. The summed E-state index contributed by atoms with van der Waals surface area (Å²) in [6.07, 6.45) is -2.95. The number of hydrogen-bond donors (Lipinski definition) is 1. The van der Waals surface area contributed by atoms with Crippen LogP contribution in [0.2, 0.25) is 0 Å². The topological polar surface area (TPSA) is 93.3 Å². The first-order valence-electron chi connectivity index (χ1n) is 12.7. The third-order valence-electron chi connectivity index (χ3n) is 7.23. The zero-order valence-electron chi connectivity index (χ0n) is 20.9. The molecule has 0 spiro atoms. The van der Waals surface area contributed by atoms with Gasteiger partial charge in [0.1, 0.15) is 5.69 Å². The minimum atomic E-state index is -4.51. The van der Waals surface area contributed by atoms with Gasteiger partial charge in [-0.25, -0.2) is 0 Å². The van der Waals surface area contributed by atoms with Crippen molar-refractivity contribution < 1.29 is 22.4 Å². The van der Waals surface area contributed by atoms with Crippen LogP contribution in [0.5, 0.6) is 0 Å². The molecule has 1 aliphatic heterocycles. The van der Waals surface area contributed by atoms with E-state index in [1.165, 1.54) is 0 Å². The molecule has 1 aliphatic carbocycles. The fraction of sp³-hybridized carbons (Fsp3) is 0.276. The molecule has 1 N–H and O–H groups in total. The highest BCUT2D eigenvalue weighted by Crippen LogP contribution is 2.52. The van der Waals surface area contributed by atoms with Crippen LogP contribution in [0.15, 0.2) is 76.3 Å². The van der Waals surface area contributed by atoms with E-state index in [0.717, 1.165) is 41.8 Å². The van der Waals surface area contributed by atoms with Crippen molar-refractivity contribution in [2.45, 2.75) is 44.4 Å². The van der Waals surface area contributed by atoms with Gasteiger partial charge in [0.2, 0.25) is 0 Å². The Labute approximate surface area is 222 Å². The summed E-state index contributed by atoms with van der Waals surface area (Å²) in [5.74, 6) is 0.0263. The number of halogens is 3. The van der Waals surface area contributed by atoms with Crippen molar-refractivity contribution in [2.24, 2.45) is 10.9 Å². The molecule has 0 unspecified atom stereocenters. The number of benzene rings is 2. The Bertz CT molecular complexity index is 1560. The van der Waals surface area contributed by atoms with Gasteiger partial charge in [-0.1, -0.05) is 73.0 Å². The van der Waals surface area contributed by atoms with Gasteiger partial charge in [0.25, 0.3) is 5.89 Å². The van der Waals surface area contributed by atoms with Crippen LogP contribution in [0, 0.1) is 5.92 Å². The lowest BCUT2D eigenvalue weighted by Crippen LogP contribution is -2.29. The maximum absolute atomic E-state index is 13.4. The van der Waals surface area contributed by atoms with Crippen LogP contribution in [-0.4, -0.2) is 32.8 Å². The average Bonchev–Trinajstić information content (AvgIpc) is 3.61. The minimum absolute atomic E-state index is 0.0143. The number of Topliss-reactive ketones (excluding diaryl/α,β-unsaturated/α-hetero) is 1. The molecule has 4 aromatic rings. The van der Waals surface area contributed by atoms with E-state index in [9.17, 15) is 18.0 Å². The molecule has 2 aromatic heterocycles. The predicted octanol–water partition coefficient (Wildman–Crippen LogP) is 6.06. The Hall–Kier alpha value is -4.34. The molecule has 3 atom stereocenters. The first kappa shape index (κ1) is 25.0. The van der Waals surface area contributed by atoms with E-state index in [1.54, 1.807) is 0 Å². The minimum Gasteiger partial charge on any atom is -0.402 e. The number of nitrogens with one attached hydrogen (secondary N) is 1. The van der Waals surface area contributed by atoms with Gasteiger partial charge in [0.15, 0.2) is 11.9 Å². The third-order valence-corrected chi connectivity index (χ3v) is 7.23. The van der Waals surface area contributed by atoms with Crippen molar-refractivity contribution in [1.82, 2.24) is 15.2 Å². The standard InChI is InChI=1S/C29H24F3N5O2/c1-2-16-12-21(16)22-14-19(29(30,31)32)15-33-25(22)27-36-37-28(39-27)35-26-23(38)13-18-10-6-7-11-20(18)24(34-26)17-8-4-3-5-9-17/h3-11,14-16,21,26H,2,12-13H2,1H3,(H,35,37)/t16-,21-,26-/m1/s1. The van der Waals surface area contributed by atoms with Gasteiger partial charge in [-0.15, -0.1) is 5.10 Å². The van der Waals surface area contributed by atoms with Gasteiger partial charge in [0, 0.05) is 23.7 Å². The molecule has 0 amide bonds. The van der Waals surface area contributed by atoms with Gasteiger partial charge >= 0.3 is 12.2 Å². The summed E-state index contributed by atoms with van der Waals surface area (Å²) in [7, 11) is 0. The number of carbonyl (C=O) groups is 1. The van der Waals surface area contributed by atoms with Crippen LogP contribution >= 0.6 is 0 Å². The van der Waals surface area contributed by atoms with E-state index in [0.29, 0.717) is 11.3 Å². The van der Waals surface area contributed by atoms with Gasteiger partial charge < -0.3 is 9.73 Å². The lowest BCUT2D eigenvalue weighted by molar-refractivity contribution is -0.137. The van der Waals surface area contributed by atoms with Crippen LogP contribution in [0.3, 0.4) is 0 Å². The lowest BCUT2D eigenvalue weighted by atomic mass is 9.96. The van der Waals surface area contributed by atoms with Crippen LogP contribution in [0.25, 0.3) is 11.6 Å². The predicted molar refractivity (Wildman–Crippen MR) is 138 cm³/mol. The third kappa shape index (κ3) is 4.94. The molecule has 39 heavy (non-hydrogen) atoms. The number of pyridine rings is 1. The van der Waals surface area contributed by atoms with Gasteiger partial charge in [-0.3, -0.25) is 14.8 Å². The molecule has 2 aromatic carbocycles. The number of carbonyl (C=O) groups excluding carboxylic acids is 1. The van der Waals surface area contributed by atoms with Crippen molar-refractivity contribution in [3.63, 3.8) is 0 Å². The Morgan fingerprint density at radius 1 is 1.05 bits per heavy atom. The zero-order valence-corrected chi connectivity index (χ0v) is 20.9. The molecule has 0 radical (unpaired) electrons. The largest absolute Gasteiger partial charge is 0.417 e. The maximum Gasteiger partial charge on any atom is 0.417 e. The van der Waals surface area contributed by atoms with E-state index in [1.807, 2.05) is 61.5 Å². The fourth-order valence-corrected chi connectivity index (χ4v) is 5.07. The second-order valence-electron chi connectivity index (χ2n) is 9.77. The van der Waals surface area contributed by atoms with Crippen LogP contribution in [0.4, 0.5) is 19.2 Å².